The Balaban J connectivity index is 1.29. The average Bonchev–Trinajstić information content (AvgIpc) is 3.89. The molecule has 15 nitrogen and oxygen atoms in total. The minimum atomic E-state index is -3.98. The summed E-state index contributed by atoms with van der Waals surface area (Å²) in [5.41, 5.74) is 2.08. The number of unbranched alkanes of at least 4 members (excludes halogenated alkanes) is 2. The summed E-state index contributed by atoms with van der Waals surface area (Å²) in [6, 6.07) is 26.0. The van der Waals surface area contributed by atoms with Gasteiger partial charge in [-0.2, -0.15) is 0 Å². The third-order valence-corrected chi connectivity index (χ3v) is 11.4. The lowest BCUT2D eigenvalue weighted by atomic mass is 9.90. The second-order valence-corrected chi connectivity index (χ2v) is 15.8. The summed E-state index contributed by atoms with van der Waals surface area (Å²) in [5.74, 6) is -1.59. The van der Waals surface area contributed by atoms with Crippen molar-refractivity contribution in [2.24, 2.45) is 5.92 Å². The normalized spacial score (nSPS) is 12.4. The third kappa shape index (κ3) is 12.6. The maximum atomic E-state index is 14.7. The second-order valence-electron chi connectivity index (χ2n) is 13.8. The molecule has 320 valence electrons. The largest absolute Gasteiger partial charge is 0.519 e. The maximum Gasteiger partial charge on any atom is 0.519 e. The van der Waals surface area contributed by atoms with Crippen molar-refractivity contribution in [1.82, 2.24) is 15.7 Å². The zero-order chi connectivity index (χ0) is 42.9. The summed E-state index contributed by atoms with van der Waals surface area (Å²) in [5, 5.41) is 6.72. The molecule has 0 saturated heterocycles. The molecule has 0 aliphatic rings. The molecule has 0 radical (unpaired) electrons. The first-order valence-corrected chi connectivity index (χ1v) is 21.5. The molecular formula is C44H52N3O12P. The van der Waals surface area contributed by atoms with Gasteiger partial charge in [0.25, 0.3) is 5.91 Å². The van der Waals surface area contributed by atoms with Crippen molar-refractivity contribution < 1.29 is 50.8 Å². The summed E-state index contributed by atoms with van der Waals surface area (Å²) in [6.45, 7) is 7.11. The first-order valence-electron chi connectivity index (χ1n) is 19.9. The highest BCUT2D eigenvalue weighted by Crippen LogP contribution is 2.50. The molecule has 0 unspecified atom stereocenters. The van der Waals surface area contributed by atoms with Crippen molar-refractivity contribution in [3.8, 4) is 17.1 Å². The molecule has 2 heterocycles. The SMILES string of the molecule is CCCCC[C@@H](C(=O)NCNC(=O)c1ccc(-c2cc(OCC)cc(P(=O)(OCc3ccccc3)OCc3ccccc3)c2)o1)[C@@H](CC)N(C=O)OCc1oc(=O)oc1C. The molecule has 2 N–H and O–H groups in total. The fourth-order valence-corrected chi connectivity index (χ4v) is 8.02. The third-order valence-electron chi connectivity index (χ3n) is 9.58. The maximum absolute atomic E-state index is 14.7. The van der Waals surface area contributed by atoms with E-state index in [4.69, 9.17) is 31.9 Å². The van der Waals surface area contributed by atoms with Crippen LogP contribution in [0.25, 0.3) is 11.3 Å². The van der Waals surface area contributed by atoms with Gasteiger partial charge in [0.15, 0.2) is 11.5 Å². The smallest absolute Gasteiger partial charge is 0.494 e. The average molecular weight is 846 g/mol. The van der Waals surface area contributed by atoms with Crippen molar-refractivity contribution in [3.63, 3.8) is 0 Å². The van der Waals surface area contributed by atoms with Crippen molar-refractivity contribution in [2.75, 3.05) is 13.3 Å². The lowest BCUT2D eigenvalue weighted by molar-refractivity contribution is -0.202. The van der Waals surface area contributed by atoms with Gasteiger partial charge in [0.1, 0.15) is 23.9 Å². The van der Waals surface area contributed by atoms with E-state index in [9.17, 15) is 23.7 Å². The predicted molar refractivity (Wildman–Crippen MR) is 222 cm³/mol. The lowest BCUT2D eigenvalue weighted by Crippen LogP contribution is -2.48. The number of hydroxylamine groups is 2. The molecule has 2 aromatic heterocycles. The summed E-state index contributed by atoms with van der Waals surface area (Å²) in [7, 11) is -3.98. The van der Waals surface area contributed by atoms with Gasteiger partial charge in [-0.1, -0.05) is 93.8 Å². The van der Waals surface area contributed by atoms with Crippen LogP contribution in [0, 0.1) is 12.8 Å². The fourth-order valence-electron chi connectivity index (χ4n) is 6.43. The Bertz CT molecular complexity index is 2190. The topological polar surface area (TPSA) is 189 Å². The van der Waals surface area contributed by atoms with Crippen LogP contribution in [0.2, 0.25) is 0 Å². The Morgan fingerprint density at radius 2 is 1.52 bits per heavy atom. The summed E-state index contributed by atoms with van der Waals surface area (Å²) in [6.07, 6.45) is 3.81. The van der Waals surface area contributed by atoms with Gasteiger partial charge in [-0.05, 0) is 68.1 Å². The molecule has 60 heavy (non-hydrogen) atoms. The Labute approximate surface area is 348 Å². The molecule has 0 fully saturated rings. The first-order chi connectivity index (χ1) is 29.1. The lowest BCUT2D eigenvalue weighted by Gasteiger charge is -2.32. The van der Waals surface area contributed by atoms with Gasteiger partial charge >= 0.3 is 13.4 Å². The number of hydrogen-bond donors (Lipinski definition) is 2. The van der Waals surface area contributed by atoms with Gasteiger partial charge in [-0.25, -0.2) is 9.86 Å². The number of rotatable bonds is 25. The van der Waals surface area contributed by atoms with E-state index in [2.05, 4.69) is 10.6 Å². The van der Waals surface area contributed by atoms with Gasteiger partial charge in [-0.3, -0.25) is 23.8 Å². The van der Waals surface area contributed by atoms with Crippen LogP contribution >= 0.6 is 7.60 Å². The van der Waals surface area contributed by atoms with E-state index in [1.54, 1.807) is 24.3 Å². The van der Waals surface area contributed by atoms with Gasteiger partial charge in [0, 0.05) is 5.56 Å². The zero-order valence-electron chi connectivity index (χ0n) is 34.3. The van der Waals surface area contributed by atoms with E-state index in [0.717, 1.165) is 35.5 Å². The van der Waals surface area contributed by atoms with Crippen LogP contribution in [0.15, 0.2) is 109 Å². The van der Waals surface area contributed by atoms with Crippen molar-refractivity contribution in [1.29, 1.82) is 0 Å². The van der Waals surface area contributed by atoms with E-state index >= 15 is 0 Å². The minimum absolute atomic E-state index is 0.0248. The molecule has 16 heteroatoms. The molecule has 0 saturated carbocycles. The van der Waals surface area contributed by atoms with E-state index in [1.165, 1.54) is 13.0 Å². The van der Waals surface area contributed by atoms with Crippen LogP contribution in [-0.4, -0.2) is 42.6 Å². The number of carbonyl (C=O) groups excluding carboxylic acids is 3. The van der Waals surface area contributed by atoms with Crippen molar-refractivity contribution in [2.45, 2.75) is 85.7 Å². The second kappa shape index (κ2) is 22.6. The molecule has 2 atom stereocenters. The van der Waals surface area contributed by atoms with Crippen LogP contribution in [0.1, 0.15) is 86.1 Å². The van der Waals surface area contributed by atoms with E-state index in [1.807, 2.05) is 81.4 Å². The van der Waals surface area contributed by atoms with Crippen LogP contribution in [0.3, 0.4) is 0 Å². The Hall–Kier alpha value is -5.73. The number of amides is 3. The van der Waals surface area contributed by atoms with Crippen molar-refractivity contribution >= 4 is 31.1 Å². The molecule has 5 aromatic rings. The molecule has 5 rings (SSSR count). The van der Waals surface area contributed by atoms with E-state index in [0.29, 0.717) is 37.2 Å². The number of benzene rings is 3. The molecule has 0 spiro atoms. The summed E-state index contributed by atoms with van der Waals surface area (Å²) in [4.78, 5) is 56.3. The van der Waals surface area contributed by atoms with Crippen LogP contribution in [0.5, 0.6) is 5.75 Å². The quantitative estimate of drug-likeness (QED) is 0.0191. The number of nitrogens with one attached hydrogen (secondary N) is 2. The zero-order valence-corrected chi connectivity index (χ0v) is 35.2. The Kier molecular flexibility index (Phi) is 17.1. The molecule has 0 aliphatic carbocycles. The monoisotopic (exact) mass is 845 g/mol. The van der Waals surface area contributed by atoms with Crippen LogP contribution in [-0.2, 0) is 47.9 Å². The van der Waals surface area contributed by atoms with Gasteiger partial charge in [-0.15, -0.1) is 0 Å². The molecule has 3 amide bonds. The number of furan rings is 1. The summed E-state index contributed by atoms with van der Waals surface area (Å²) >= 11 is 0. The van der Waals surface area contributed by atoms with E-state index in [-0.39, 0.29) is 54.8 Å². The number of carbonyl (C=O) groups is 3. The summed E-state index contributed by atoms with van der Waals surface area (Å²) < 4.78 is 48.5. The Morgan fingerprint density at radius 1 is 0.833 bits per heavy atom. The number of aryl methyl sites for hydroxylation is 1. The number of ether oxygens (including phenoxy) is 1. The molecular weight excluding hydrogens is 793 g/mol. The standard InChI is InChI=1S/C44H52N3O12P/c1-5-8-11-20-37(38(6-2)47(30-48)54-28-41-31(4)57-44(51)59-41)42(49)45-29-46-43(50)40-22-21-39(58-40)34-23-35(53-7-3)25-36(24-34)60(52,55-26-32-16-12-9-13-17-32)56-27-33-18-14-10-15-19-33/h9-10,12-19,21-25,30,37-38H,5-8,11,20,26-29H2,1-4H3,(H,45,49)(H,46,50)/t37-,38-/m1/s1. The predicted octanol–water partition coefficient (Wildman–Crippen LogP) is 7.82. The van der Waals surface area contributed by atoms with Crippen LogP contribution in [0.4, 0.5) is 0 Å². The highest BCUT2D eigenvalue weighted by atomic mass is 31.2. The number of hydrogen-bond acceptors (Lipinski definition) is 12. The molecule has 0 aliphatic heterocycles. The highest BCUT2D eigenvalue weighted by Gasteiger charge is 2.33. The fraction of sp³-hybridized carbons (Fsp3) is 0.364. The molecule has 0 bridgehead atoms. The van der Waals surface area contributed by atoms with Gasteiger partial charge < -0.3 is 37.7 Å². The highest BCUT2D eigenvalue weighted by molar-refractivity contribution is 7.62. The Morgan fingerprint density at radius 3 is 2.10 bits per heavy atom. The van der Waals surface area contributed by atoms with Gasteiger partial charge in [0.2, 0.25) is 12.3 Å². The first kappa shape index (κ1) is 45.4. The molecule has 3 aromatic carbocycles. The van der Waals surface area contributed by atoms with Crippen molar-refractivity contribution in [3.05, 3.63) is 130 Å². The van der Waals surface area contributed by atoms with E-state index < -0.39 is 37.2 Å². The van der Waals surface area contributed by atoms with Gasteiger partial charge in [0.05, 0.1) is 43.8 Å². The van der Waals surface area contributed by atoms with Crippen LogP contribution < -0.4 is 26.5 Å². The number of nitrogens with zero attached hydrogens (tertiary/aromatic N) is 1. The minimum Gasteiger partial charge on any atom is -0.494 e.